The molecule has 1 aromatic carbocycles. The number of aryl methyl sites for hydroxylation is 1. The fourth-order valence-corrected chi connectivity index (χ4v) is 2.55. The topological polar surface area (TPSA) is 62.3 Å². The van der Waals surface area contributed by atoms with Gasteiger partial charge in [-0.05, 0) is 42.8 Å². The summed E-state index contributed by atoms with van der Waals surface area (Å²) in [4.78, 5) is 29.5. The van der Waals surface area contributed by atoms with Gasteiger partial charge >= 0.3 is 0 Å². The molecule has 23 heavy (non-hydrogen) atoms. The van der Waals surface area contributed by atoms with Gasteiger partial charge in [-0.3, -0.25) is 9.59 Å². The van der Waals surface area contributed by atoms with E-state index in [0.29, 0.717) is 16.4 Å². The first-order chi connectivity index (χ1) is 10.9. The Hall–Kier alpha value is -1.92. The molecular weight excluding hydrogens is 382 g/mol. The van der Waals surface area contributed by atoms with Crippen molar-refractivity contribution in [1.29, 1.82) is 0 Å². The average Bonchev–Trinajstić information content (AvgIpc) is 2.50. The minimum Gasteiger partial charge on any atom is -0.332 e. The van der Waals surface area contributed by atoms with Crippen molar-refractivity contribution in [2.24, 2.45) is 0 Å². The second-order valence-corrected chi connectivity index (χ2v) is 6.34. The quantitative estimate of drug-likeness (QED) is 0.804. The van der Waals surface area contributed by atoms with Gasteiger partial charge in [-0.15, -0.1) is 0 Å². The molecule has 0 saturated heterocycles. The van der Waals surface area contributed by atoms with Gasteiger partial charge in [0.1, 0.15) is 5.15 Å². The van der Waals surface area contributed by atoms with Crippen molar-refractivity contribution in [3.8, 4) is 0 Å². The number of amides is 2. The van der Waals surface area contributed by atoms with E-state index in [-0.39, 0.29) is 18.4 Å². The molecule has 0 radical (unpaired) electrons. The van der Waals surface area contributed by atoms with Gasteiger partial charge in [0.05, 0.1) is 12.1 Å². The van der Waals surface area contributed by atoms with Crippen molar-refractivity contribution in [2.45, 2.75) is 6.92 Å². The van der Waals surface area contributed by atoms with E-state index in [4.69, 9.17) is 11.6 Å². The van der Waals surface area contributed by atoms with E-state index >= 15 is 0 Å². The Morgan fingerprint density at radius 1 is 1.30 bits per heavy atom. The number of pyridine rings is 1. The van der Waals surface area contributed by atoms with Crippen LogP contribution in [0.4, 0.5) is 5.69 Å². The highest BCUT2D eigenvalue weighted by Crippen LogP contribution is 2.20. The molecular formula is C16H15BrClN3O2. The maximum absolute atomic E-state index is 12.2. The Morgan fingerprint density at radius 3 is 2.65 bits per heavy atom. The maximum Gasteiger partial charge on any atom is 0.255 e. The Labute approximate surface area is 147 Å². The zero-order valence-corrected chi connectivity index (χ0v) is 15.0. The second-order valence-electron chi connectivity index (χ2n) is 5.04. The summed E-state index contributed by atoms with van der Waals surface area (Å²) in [7, 11) is 1.56. The number of halogens is 2. The van der Waals surface area contributed by atoms with Gasteiger partial charge in [0, 0.05) is 23.4 Å². The van der Waals surface area contributed by atoms with Crippen LogP contribution in [0, 0.1) is 6.92 Å². The number of likely N-dealkylation sites (N-methyl/N-ethyl adjacent to an activating group) is 1. The number of aromatic nitrogens is 1. The van der Waals surface area contributed by atoms with Gasteiger partial charge in [0.15, 0.2) is 0 Å². The molecule has 0 bridgehead atoms. The number of rotatable bonds is 4. The highest BCUT2D eigenvalue weighted by atomic mass is 79.9. The largest absolute Gasteiger partial charge is 0.332 e. The summed E-state index contributed by atoms with van der Waals surface area (Å²) in [5.41, 5.74) is 2.03. The van der Waals surface area contributed by atoms with Crippen LogP contribution in [0.25, 0.3) is 0 Å². The lowest BCUT2D eigenvalue weighted by Crippen LogP contribution is -2.35. The summed E-state index contributed by atoms with van der Waals surface area (Å²) in [5.74, 6) is -0.565. The first-order valence-corrected chi connectivity index (χ1v) is 7.97. The van der Waals surface area contributed by atoms with Gasteiger partial charge in [0.25, 0.3) is 5.91 Å². The number of carbonyl (C=O) groups is 2. The summed E-state index contributed by atoms with van der Waals surface area (Å²) in [5, 5.41) is 3.11. The van der Waals surface area contributed by atoms with Crippen LogP contribution in [-0.2, 0) is 4.79 Å². The van der Waals surface area contributed by atoms with Crippen molar-refractivity contribution < 1.29 is 9.59 Å². The number of nitrogens with zero attached hydrogens (tertiary/aromatic N) is 2. The lowest BCUT2D eigenvalue weighted by Gasteiger charge is -2.17. The molecule has 5 nitrogen and oxygen atoms in total. The van der Waals surface area contributed by atoms with Crippen LogP contribution in [0.1, 0.15) is 15.9 Å². The summed E-state index contributed by atoms with van der Waals surface area (Å²) < 4.78 is 0.940. The molecule has 7 heteroatoms. The van der Waals surface area contributed by atoms with Gasteiger partial charge in [-0.2, -0.15) is 0 Å². The smallest absolute Gasteiger partial charge is 0.255 e. The van der Waals surface area contributed by atoms with Crippen molar-refractivity contribution in [3.63, 3.8) is 0 Å². The van der Waals surface area contributed by atoms with Gasteiger partial charge in [-0.25, -0.2) is 4.98 Å². The predicted molar refractivity (Wildman–Crippen MR) is 93.7 cm³/mol. The Balaban J connectivity index is 1.99. The predicted octanol–water partition coefficient (Wildman–Crippen LogP) is 3.52. The third kappa shape index (κ3) is 4.77. The Morgan fingerprint density at radius 2 is 2.04 bits per heavy atom. The van der Waals surface area contributed by atoms with Gasteiger partial charge < -0.3 is 10.2 Å². The molecule has 1 aromatic heterocycles. The summed E-state index contributed by atoms with van der Waals surface area (Å²) in [6.45, 7) is 1.84. The van der Waals surface area contributed by atoms with Crippen LogP contribution in [-0.4, -0.2) is 35.3 Å². The van der Waals surface area contributed by atoms with Crippen molar-refractivity contribution in [1.82, 2.24) is 9.88 Å². The standard InChI is InChI=1S/C16H15BrClN3O2/c1-10-7-12(17)4-5-13(10)20-15(22)9-21(2)16(23)11-3-6-14(18)19-8-11/h3-8H,9H2,1-2H3,(H,20,22). The summed E-state index contributed by atoms with van der Waals surface area (Å²) in [6.07, 6.45) is 1.39. The molecule has 0 aliphatic rings. The van der Waals surface area contributed by atoms with E-state index in [0.717, 1.165) is 10.0 Å². The van der Waals surface area contributed by atoms with E-state index in [2.05, 4.69) is 26.2 Å². The van der Waals surface area contributed by atoms with Crippen molar-refractivity contribution >= 4 is 45.0 Å². The zero-order valence-electron chi connectivity index (χ0n) is 12.6. The second kappa shape index (κ2) is 7.57. The molecule has 0 unspecified atom stereocenters. The number of hydrogen-bond acceptors (Lipinski definition) is 3. The fourth-order valence-electron chi connectivity index (χ4n) is 1.97. The minimum absolute atomic E-state index is 0.0586. The lowest BCUT2D eigenvalue weighted by molar-refractivity contribution is -0.116. The SMILES string of the molecule is Cc1cc(Br)ccc1NC(=O)CN(C)C(=O)c1ccc(Cl)nc1. The molecule has 0 aliphatic heterocycles. The van der Waals surface area contributed by atoms with E-state index in [1.165, 1.54) is 17.2 Å². The maximum atomic E-state index is 12.2. The minimum atomic E-state index is -0.295. The lowest BCUT2D eigenvalue weighted by atomic mass is 10.2. The van der Waals surface area contributed by atoms with E-state index < -0.39 is 0 Å². The number of hydrogen-bond donors (Lipinski definition) is 1. The van der Waals surface area contributed by atoms with Gasteiger partial charge in [-0.1, -0.05) is 27.5 Å². The summed E-state index contributed by atoms with van der Waals surface area (Å²) >= 11 is 9.06. The normalized spacial score (nSPS) is 10.3. The molecule has 1 heterocycles. The van der Waals surface area contributed by atoms with Crippen LogP contribution in [0.2, 0.25) is 5.15 Å². The number of benzene rings is 1. The molecule has 0 atom stereocenters. The molecule has 1 N–H and O–H groups in total. The first-order valence-electron chi connectivity index (χ1n) is 6.80. The monoisotopic (exact) mass is 395 g/mol. The molecule has 2 aromatic rings. The Bertz CT molecular complexity index is 735. The van der Waals surface area contributed by atoms with Crippen LogP contribution in [0.5, 0.6) is 0 Å². The highest BCUT2D eigenvalue weighted by molar-refractivity contribution is 9.10. The van der Waals surface area contributed by atoms with Crippen molar-refractivity contribution in [3.05, 3.63) is 57.3 Å². The molecule has 120 valence electrons. The Kier molecular flexibility index (Phi) is 5.74. The zero-order chi connectivity index (χ0) is 17.0. The molecule has 0 fully saturated rings. The third-order valence-corrected chi connectivity index (χ3v) is 3.88. The molecule has 0 spiro atoms. The molecule has 0 aliphatic carbocycles. The number of anilines is 1. The van der Waals surface area contributed by atoms with E-state index in [1.807, 2.05) is 25.1 Å². The number of carbonyl (C=O) groups excluding carboxylic acids is 2. The van der Waals surface area contributed by atoms with Crippen LogP contribution < -0.4 is 5.32 Å². The van der Waals surface area contributed by atoms with Crippen LogP contribution >= 0.6 is 27.5 Å². The summed E-state index contributed by atoms with van der Waals surface area (Å²) in [6, 6.07) is 8.67. The highest BCUT2D eigenvalue weighted by Gasteiger charge is 2.15. The van der Waals surface area contributed by atoms with Crippen molar-refractivity contribution in [2.75, 3.05) is 18.9 Å². The molecule has 2 amide bonds. The third-order valence-electron chi connectivity index (χ3n) is 3.16. The number of nitrogens with one attached hydrogen (secondary N) is 1. The average molecular weight is 397 g/mol. The van der Waals surface area contributed by atoms with Crippen LogP contribution in [0.15, 0.2) is 41.0 Å². The fraction of sp³-hybridized carbons (Fsp3) is 0.188. The van der Waals surface area contributed by atoms with Crippen LogP contribution in [0.3, 0.4) is 0 Å². The molecule has 2 rings (SSSR count). The van der Waals surface area contributed by atoms with E-state index in [9.17, 15) is 9.59 Å². The molecule has 0 saturated carbocycles. The van der Waals surface area contributed by atoms with E-state index in [1.54, 1.807) is 13.1 Å². The first kappa shape index (κ1) is 17.4. The van der Waals surface area contributed by atoms with Gasteiger partial charge in [0.2, 0.25) is 5.91 Å².